The minimum Gasteiger partial charge on any atom is -0.338 e. The lowest BCUT2D eigenvalue weighted by Crippen LogP contribution is -2.57. The Bertz CT molecular complexity index is 1040. The summed E-state index contributed by atoms with van der Waals surface area (Å²) < 4.78 is 40.4. The first kappa shape index (κ1) is 25.0. The SMILES string of the molecule is C[C@H]1CNC(=O)N(C(=O)NCCCN2CCC(c3ccc(F)cc3)CC2)[C@H]1c1ccc(F)c(F)c1. The molecule has 2 aliphatic heterocycles. The maximum Gasteiger partial charge on any atom is 0.326 e. The molecule has 0 saturated carbocycles. The van der Waals surface area contributed by atoms with Crippen molar-refractivity contribution in [2.45, 2.75) is 38.1 Å². The number of hydrogen-bond donors (Lipinski definition) is 2. The predicted octanol–water partition coefficient (Wildman–Crippen LogP) is 4.79. The highest BCUT2D eigenvalue weighted by molar-refractivity contribution is 5.94. The van der Waals surface area contributed by atoms with Crippen LogP contribution in [-0.2, 0) is 0 Å². The number of nitrogens with zero attached hydrogens (tertiary/aromatic N) is 2. The van der Waals surface area contributed by atoms with Gasteiger partial charge >= 0.3 is 12.1 Å². The van der Waals surface area contributed by atoms with Crippen molar-refractivity contribution in [1.82, 2.24) is 20.4 Å². The number of imide groups is 1. The van der Waals surface area contributed by atoms with Crippen LogP contribution in [0.25, 0.3) is 0 Å². The Morgan fingerprint density at radius 2 is 1.71 bits per heavy atom. The fraction of sp³-hybridized carbons (Fsp3) is 0.462. The third kappa shape index (κ3) is 5.96. The molecule has 6 nitrogen and oxygen atoms in total. The van der Waals surface area contributed by atoms with Crippen LogP contribution in [0.4, 0.5) is 22.8 Å². The van der Waals surface area contributed by atoms with Crippen LogP contribution in [0.5, 0.6) is 0 Å². The zero-order chi connectivity index (χ0) is 24.9. The highest BCUT2D eigenvalue weighted by Gasteiger charge is 2.38. The van der Waals surface area contributed by atoms with Gasteiger partial charge in [-0.3, -0.25) is 0 Å². The maximum atomic E-state index is 13.8. The molecule has 0 aliphatic carbocycles. The van der Waals surface area contributed by atoms with E-state index in [0.29, 0.717) is 31.0 Å². The van der Waals surface area contributed by atoms with E-state index in [1.807, 2.05) is 19.1 Å². The molecule has 2 aliphatic rings. The Kier molecular flexibility index (Phi) is 7.95. The second-order valence-electron chi connectivity index (χ2n) is 9.40. The van der Waals surface area contributed by atoms with Crippen LogP contribution < -0.4 is 10.6 Å². The van der Waals surface area contributed by atoms with Crippen LogP contribution >= 0.6 is 0 Å². The van der Waals surface area contributed by atoms with Crippen molar-refractivity contribution in [3.63, 3.8) is 0 Å². The number of hydrogen-bond acceptors (Lipinski definition) is 3. The second kappa shape index (κ2) is 11.1. The lowest BCUT2D eigenvalue weighted by atomic mass is 9.89. The molecule has 0 aromatic heterocycles. The van der Waals surface area contributed by atoms with Gasteiger partial charge in [-0.05, 0) is 86.1 Å². The second-order valence-corrected chi connectivity index (χ2v) is 9.40. The van der Waals surface area contributed by atoms with Crippen molar-refractivity contribution >= 4 is 12.1 Å². The highest BCUT2D eigenvalue weighted by atomic mass is 19.2. The fourth-order valence-electron chi connectivity index (χ4n) is 5.03. The van der Waals surface area contributed by atoms with E-state index in [-0.39, 0.29) is 11.7 Å². The summed E-state index contributed by atoms with van der Waals surface area (Å²) in [6, 6.07) is 8.39. The van der Waals surface area contributed by atoms with Crippen molar-refractivity contribution in [2.24, 2.45) is 5.92 Å². The van der Waals surface area contributed by atoms with E-state index >= 15 is 0 Å². The van der Waals surface area contributed by atoms with E-state index in [9.17, 15) is 22.8 Å². The number of halogens is 3. The molecule has 2 aromatic carbocycles. The predicted molar refractivity (Wildman–Crippen MR) is 126 cm³/mol. The Hall–Kier alpha value is -3.07. The lowest BCUT2D eigenvalue weighted by Gasteiger charge is -2.39. The first-order chi connectivity index (χ1) is 16.8. The standard InChI is InChI=1S/C26H31F3N4O2/c1-17-16-31-26(35)33(24(17)20-5-8-22(28)23(29)15-20)25(34)30-11-2-12-32-13-9-19(10-14-32)18-3-6-21(27)7-4-18/h3-8,15,17,19,24H,2,9-14,16H2,1H3,(H,30,34)(H,31,35)/t17-,24+/m0/s1. The number of likely N-dealkylation sites (tertiary alicyclic amines) is 1. The third-order valence-electron chi connectivity index (χ3n) is 6.97. The molecule has 0 radical (unpaired) electrons. The molecule has 4 rings (SSSR count). The summed E-state index contributed by atoms with van der Waals surface area (Å²) in [5.74, 6) is -1.95. The fourth-order valence-corrected chi connectivity index (χ4v) is 5.03. The average molecular weight is 489 g/mol. The van der Waals surface area contributed by atoms with Crippen molar-refractivity contribution in [3.05, 3.63) is 71.0 Å². The summed E-state index contributed by atoms with van der Waals surface area (Å²) in [6.45, 7) is 5.24. The molecule has 2 atom stereocenters. The van der Waals surface area contributed by atoms with Gasteiger partial charge in [0.25, 0.3) is 0 Å². The molecule has 2 aromatic rings. The van der Waals surface area contributed by atoms with E-state index in [1.54, 1.807) is 0 Å². The van der Waals surface area contributed by atoms with Crippen LogP contribution in [0, 0.1) is 23.4 Å². The molecule has 2 N–H and O–H groups in total. The molecular weight excluding hydrogens is 457 g/mol. The van der Waals surface area contributed by atoms with Crippen LogP contribution in [-0.4, -0.2) is 54.6 Å². The Labute approximate surface area is 203 Å². The topological polar surface area (TPSA) is 64.7 Å². The lowest BCUT2D eigenvalue weighted by molar-refractivity contribution is 0.134. The zero-order valence-corrected chi connectivity index (χ0v) is 19.8. The van der Waals surface area contributed by atoms with Crippen molar-refractivity contribution in [2.75, 3.05) is 32.7 Å². The van der Waals surface area contributed by atoms with E-state index in [2.05, 4.69) is 15.5 Å². The van der Waals surface area contributed by atoms with Crippen LogP contribution in [0.3, 0.4) is 0 Å². The minimum absolute atomic E-state index is 0.175. The number of nitrogens with one attached hydrogen (secondary N) is 2. The summed E-state index contributed by atoms with van der Waals surface area (Å²) >= 11 is 0. The van der Waals surface area contributed by atoms with Gasteiger partial charge < -0.3 is 15.5 Å². The molecule has 35 heavy (non-hydrogen) atoms. The quantitative estimate of drug-likeness (QED) is 0.575. The van der Waals surface area contributed by atoms with E-state index in [4.69, 9.17) is 0 Å². The van der Waals surface area contributed by atoms with E-state index < -0.39 is 29.7 Å². The number of carbonyl (C=O) groups excluding carboxylic acids is 2. The molecular formula is C26H31F3N4O2. The van der Waals surface area contributed by atoms with Gasteiger partial charge in [-0.2, -0.15) is 0 Å². The summed E-state index contributed by atoms with van der Waals surface area (Å²) in [6.07, 6.45) is 2.72. The molecule has 4 amide bonds. The van der Waals surface area contributed by atoms with E-state index in [1.165, 1.54) is 23.8 Å². The first-order valence-corrected chi connectivity index (χ1v) is 12.1. The Morgan fingerprint density at radius 3 is 2.40 bits per heavy atom. The van der Waals surface area contributed by atoms with Crippen LogP contribution in [0.15, 0.2) is 42.5 Å². The smallest absolute Gasteiger partial charge is 0.326 e. The molecule has 0 unspecified atom stereocenters. The van der Waals surface area contributed by atoms with Crippen LogP contribution in [0.1, 0.15) is 49.3 Å². The summed E-state index contributed by atoms with van der Waals surface area (Å²) in [4.78, 5) is 28.8. The largest absolute Gasteiger partial charge is 0.338 e. The number of amides is 4. The minimum atomic E-state index is -1.01. The highest BCUT2D eigenvalue weighted by Crippen LogP contribution is 2.32. The number of carbonyl (C=O) groups is 2. The molecule has 0 spiro atoms. The van der Waals surface area contributed by atoms with Gasteiger partial charge in [0.1, 0.15) is 5.82 Å². The average Bonchev–Trinajstić information content (AvgIpc) is 2.85. The van der Waals surface area contributed by atoms with Crippen LogP contribution in [0.2, 0.25) is 0 Å². The first-order valence-electron chi connectivity index (χ1n) is 12.1. The number of benzene rings is 2. The Balaban J connectivity index is 1.27. The van der Waals surface area contributed by atoms with E-state index in [0.717, 1.165) is 49.5 Å². The molecule has 2 saturated heterocycles. The third-order valence-corrected chi connectivity index (χ3v) is 6.97. The summed E-state index contributed by atoms with van der Waals surface area (Å²) in [5, 5.41) is 5.49. The normalized spacial score (nSPS) is 21.6. The van der Waals surface area contributed by atoms with Gasteiger partial charge in [-0.1, -0.05) is 25.1 Å². The maximum absolute atomic E-state index is 13.8. The molecule has 2 heterocycles. The number of urea groups is 2. The molecule has 0 bridgehead atoms. The molecule has 9 heteroatoms. The van der Waals surface area contributed by atoms with Gasteiger partial charge in [0, 0.05) is 13.1 Å². The van der Waals surface area contributed by atoms with Gasteiger partial charge in [0.15, 0.2) is 11.6 Å². The monoisotopic (exact) mass is 488 g/mol. The van der Waals surface area contributed by atoms with Gasteiger partial charge in [-0.25, -0.2) is 27.7 Å². The molecule has 2 fully saturated rings. The van der Waals surface area contributed by atoms with Gasteiger partial charge in [0.2, 0.25) is 0 Å². The zero-order valence-electron chi connectivity index (χ0n) is 19.8. The molecule has 188 valence electrons. The van der Waals surface area contributed by atoms with Gasteiger partial charge in [0.05, 0.1) is 6.04 Å². The van der Waals surface area contributed by atoms with Gasteiger partial charge in [-0.15, -0.1) is 0 Å². The Morgan fingerprint density at radius 1 is 1.03 bits per heavy atom. The number of piperidine rings is 1. The summed E-state index contributed by atoms with van der Waals surface area (Å²) in [7, 11) is 0. The number of rotatable bonds is 6. The van der Waals surface area contributed by atoms with Crippen molar-refractivity contribution in [3.8, 4) is 0 Å². The van der Waals surface area contributed by atoms with Crippen molar-refractivity contribution in [1.29, 1.82) is 0 Å². The summed E-state index contributed by atoms with van der Waals surface area (Å²) in [5.41, 5.74) is 1.55. The van der Waals surface area contributed by atoms with Crippen molar-refractivity contribution < 1.29 is 22.8 Å².